The van der Waals surface area contributed by atoms with Gasteiger partial charge in [0.15, 0.2) is 5.82 Å². The van der Waals surface area contributed by atoms with E-state index in [4.69, 9.17) is 0 Å². The van der Waals surface area contributed by atoms with E-state index in [0.717, 1.165) is 11.4 Å². The van der Waals surface area contributed by atoms with Gasteiger partial charge < -0.3 is 4.57 Å². The minimum absolute atomic E-state index is 0.361. The molecule has 72 valence electrons. The molecule has 0 aliphatic heterocycles. The van der Waals surface area contributed by atoms with Gasteiger partial charge in [0.05, 0.1) is 0 Å². The van der Waals surface area contributed by atoms with Crippen LogP contribution in [0.1, 0.15) is 19.9 Å². The molecular formula is C10H12N4. The molecule has 0 spiro atoms. The standard InChI is InChI=1S/C10H12N4/c1-8(2)14-7-12-13-10(14)9-4-3-5-11-6-9/h3-8H,1-2H3. The molecule has 2 rings (SSSR count). The Hall–Kier alpha value is -1.71. The van der Waals surface area contributed by atoms with Crippen molar-refractivity contribution in [3.63, 3.8) is 0 Å². The molecule has 2 heterocycles. The molecular weight excluding hydrogens is 176 g/mol. The number of aromatic nitrogens is 4. The number of hydrogen-bond acceptors (Lipinski definition) is 3. The van der Waals surface area contributed by atoms with Gasteiger partial charge in [-0.25, -0.2) is 0 Å². The van der Waals surface area contributed by atoms with E-state index in [2.05, 4.69) is 29.0 Å². The fourth-order valence-electron chi connectivity index (χ4n) is 1.32. The van der Waals surface area contributed by atoms with Gasteiger partial charge in [0.25, 0.3) is 0 Å². The van der Waals surface area contributed by atoms with Gasteiger partial charge in [0.2, 0.25) is 0 Å². The van der Waals surface area contributed by atoms with Gasteiger partial charge >= 0.3 is 0 Å². The van der Waals surface area contributed by atoms with E-state index in [0.29, 0.717) is 6.04 Å². The second kappa shape index (κ2) is 3.57. The van der Waals surface area contributed by atoms with Crippen molar-refractivity contribution in [1.82, 2.24) is 19.7 Å². The molecule has 0 aromatic carbocycles. The summed E-state index contributed by atoms with van der Waals surface area (Å²) in [5, 5.41) is 7.99. The normalized spacial score (nSPS) is 10.8. The Balaban J connectivity index is 2.47. The zero-order chi connectivity index (χ0) is 9.97. The fraction of sp³-hybridized carbons (Fsp3) is 0.300. The zero-order valence-corrected chi connectivity index (χ0v) is 8.25. The molecule has 4 heteroatoms. The highest BCUT2D eigenvalue weighted by Crippen LogP contribution is 2.18. The van der Waals surface area contributed by atoms with E-state index in [1.54, 1.807) is 18.7 Å². The average Bonchev–Trinajstić information content (AvgIpc) is 2.67. The van der Waals surface area contributed by atoms with E-state index in [1.807, 2.05) is 16.7 Å². The smallest absolute Gasteiger partial charge is 0.165 e. The molecule has 0 aliphatic carbocycles. The summed E-state index contributed by atoms with van der Waals surface area (Å²) in [4.78, 5) is 4.06. The van der Waals surface area contributed by atoms with Gasteiger partial charge in [0, 0.05) is 24.0 Å². The molecule has 0 atom stereocenters. The molecule has 0 fully saturated rings. The Morgan fingerprint density at radius 2 is 2.21 bits per heavy atom. The molecule has 0 amide bonds. The average molecular weight is 188 g/mol. The lowest BCUT2D eigenvalue weighted by molar-refractivity contribution is 0.604. The summed E-state index contributed by atoms with van der Waals surface area (Å²) in [6.07, 6.45) is 5.29. The molecule has 2 aromatic heterocycles. The van der Waals surface area contributed by atoms with Crippen molar-refractivity contribution in [3.8, 4) is 11.4 Å². The maximum atomic E-state index is 4.08. The van der Waals surface area contributed by atoms with Crippen LogP contribution in [0.3, 0.4) is 0 Å². The quantitative estimate of drug-likeness (QED) is 0.723. The number of pyridine rings is 1. The van der Waals surface area contributed by atoms with Crippen molar-refractivity contribution < 1.29 is 0 Å². The Morgan fingerprint density at radius 1 is 1.36 bits per heavy atom. The van der Waals surface area contributed by atoms with Gasteiger partial charge in [-0.2, -0.15) is 0 Å². The number of rotatable bonds is 2. The number of hydrogen-bond donors (Lipinski definition) is 0. The lowest BCUT2D eigenvalue weighted by Crippen LogP contribution is -2.01. The summed E-state index contributed by atoms with van der Waals surface area (Å²) >= 11 is 0. The van der Waals surface area contributed by atoms with Crippen LogP contribution in [0.2, 0.25) is 0 Å². The molecule has 0 saturated carbocycles. The largest absolute Gasteiger partial charge is 0.311 e. The Kier molecular flexibility index (Phi) is 2.26. The van der Waals surface area contributed by atoms with E-state index in [1.165, 1.54) is 0 Å². The molecule has 0 bridgehead atoms. The van der Waals surface area contributed by atoms with Crippen molar-refractivity contribution in [2.45, 2.75) is 19.9 Å². The van der Waals surface area contributed by atoms with Crippen molar-refractivity contribution >= 4 is 0 Å². The molecule has 0 saturated heterocycles. The Morgan fingerprint density at radius 3 is 2.86 bits per heavy atom. The van der Waals surface area contributed by atoms with Crippen LogP contribution in [0.4, 0.5) is 0 Å². The molecule has 14 heavy (non-hydrogen) atoms. The summed E-state index contributed by atoms with van der Waals surface area (Å²) in [6.45, 7) is 4.20. The monoisotopic (exact) mass is 188 g/mol. The first-order chi connectivity index (χ1) is 6.79. The van der Waals surface area contributed by atoms with Crippen molar-refractivity contribution in [1.29, 1.82) is 0 Å². The molecule has 0 aliphatic rings. The van der Waals surface area contributed by atoms with Crippen LogP contribution < -0.4 is 0 Å². The summed E-state index contributed by atoms with van der Waals surface area (Å²) < 4.78 is 2.02. The summed E-state index contributed by atoms with van der Waals surface area (Å²) in [5.74, 6) is 0.869. The Bertz CT molecular complexity index is 405. The van der Waals surface area contributed by atoms with Crippen LogP contribution in [0.25, 0.3) is 11.4 Å². The van der Waals surface area contributed by atoms with Crippen LogP contribution in [0.15, 0.2) is 30.9 Å². The maximum absolute atomic E-state index is 4.08. The molecule has 2 aromatic rings. The predicted octanol–water partition coefficient (Wildman–Crippen LogP) is 1.92. The van der Waals surface area contributed by atoms with Crippen molar-refractivity contribution in [2.24, 2.45) is 0 Å². The van der Waals surface area contributed by atoms with E-state index < -0.39 is 0 Å². The van der Waals surface area contributed by atoms with Crippen molar-refractivity contribution in [3.05, 3.63) is 30.9 Å². The minimum atomic E-state index is 0.361. The maximum Gasteiger partial charge on any atom is 0.165 e. The van der Waals surface area contributed by atoms with Gasteiger partial charge in [0.1, 0.15) is 6.33 Å². The lowest BCUT2D eigenvalue weighted by Gasteiger charge is -2.09. The topological polar surface area (TPSA) is 43.6 Å². The van der Waals surface area contributed by atoms with Gasteiger partial charge in [-0.3, -0.25) is 4.98 Å². The molecule has 0 radical (unpaired) electrons. The molecule has 4 nitrogen and oxygen atoms in total. The predicted molar refractivity (Wildman–Crippen MR) is 53.6 cm³/mol. The lowest BCUT2D eigenvalue weighted by atomic mass is 10.2. The summed E-state index contributed by atoms with van der Waals surface area (Å²) in [7, 11) is 0. The third kappa shape index (κ3) is 1.51. The van der Waals surface area contributed by atoms with Gasteiger partial charge in [-0.15, -0.1) is 10.2 Å². The van der Waals surface area contributed by atoms with E-state index >= 15 is 0 Å². The minimum Gasteiger partial charge on any atom is -0.311 e. The van der Waals surface area contributed by atoms with Crippen LogP contribution in [0.5, 0.6) is 0 Å². The first-order valence-electron chi connectivity index (χ1n) is 4.59. The first kappa shape index (κ1) is 8.87. The SMILES string of the molecule is CC(C)n1cnnc1-c1cccnc1. The van der Waals surface area contributed by atoms with Crippen LogP contribution >= 0.6 is 0 Å². The van der Waals surface area contributed by atoms with Crippen LogP contribution in [-0.4, -0.2) is 19.7 Å². The second-order valence-electron chi connectivity index (χ2n) is 3.40. The molecule has 0 unspecified atom stereocenters. The van der Waals surface area contributed by atoms with E-state index in [9.17, 15) is 0 Å². The van der Waals surface area contributed by atoms with Crippen LogP contribution in [0, 0.1) is 0 Å². The summed E-state index contributed by atoms with van der Waals surface area (Å²) in [5.41, 5.74) is 0.999. The van der Waals surface area contributed by atoms with E-state index in [-0.39, 0.29) is 0 Å². The highest BCUT2D eigenvalue weighted by molar-refractivity contribution is 5.52. The molecule has 0 N–H and O–H groups in total. The third-order valence-corrected chi connectivity index (χ3v) is 2.05. The second-order valence-corrected chi connectivity index (χ2v) is 3.40. The Labute approximate surface area is 82.6 Å². The highest BCUT2D eigenvalue weighted by atomic mass is 15.3. The first-order valence-corrected chi connectivity index (χ1v) is 4.59. The van der Waals surface area contributed by atoms with Crippen molar-refractivity contribution in [2.75, 3.05) is 0 Å². The highest BCUT2D eigenvalue weighted by Gasteiger charge is 2.08. The van der Waals surface area contributed by atoms with Gasteiger partial charge in [-0.05, 0) is 26.0 Å². The fourth-order valence-corrected chi connectivity index (χ4v) is 1.32. The third-order valence-electron chi connectivity index (χ3n) is 2.05. The summed E-state index contributed by atoms with van der Waals surface area (Å²) in [6, 6.07) is 4.24. The van der Waals surface area contributed by atoms with Gasteiger partial charge in [-0.1, -0.05) is 0 Å². The number of nitrogens with zero attached hydrogens (tertiary/aromatic N) is 4. The van der Waals surface area contributed by atoms with Crippen LogP contribution in [-0.2, 0) is 0 Å². The zero-order valence-electron chi connectivity index (χ0n) is 8.25.